The molecule has 8 heteroatoms. The number of anilines is 2. The normalized spacial score (nSPS) is 10.8. The van der Waals surface area contributed by atoms with E-state index in [2.05, 4.69) is 22.8 Å². The number of rotatable bonds is 9. The summed E-state index contributed by atoms with van der Waals surface area (Å²) in [6.07, 6.45) is 5.35. The topological polar surface area (TPSA) is 98.4 Å². The van der Waals surface area contributed by atoms with Gasteiger partial charge in [-0.05, 0) is 29.7 Å². The van der Waals surface area contributed by atoms with E-state index in [1.54, 1.807) is 16.8 Å². The van der Waals surface area contributed by atoms with Gasteiger partial charge in [0, 0.05) is 18.5 Å². The van der Waals surface area contributed by atoms with Gasteiger partial charge in [-0.2, -0.15) is 0 Å². The number of carbonyl (C=O) groups is 2. The van der Waals surface area contributed by atoms with E-state index in [0.29, 0.717) is 35.4 Å². The molecule has 2 aromatic carbocycles. The zero-order valence-electron chi connectivity index (χ0n) is 20.3. The SMILES string of the molecule is COC(=O)c1c(NC(=O)c2ccoc2)c2cc(NCCc3ccccc3)cnc2n1Cc1ccccc1. The van der Waals surface area contributed by atoms with Gasteiger partial charge in [0.2, 0.25) is 0 Å². The molecule has 0 bridgehead atoms. The fraction of sp³-hybridized carbons (Fsp3) is 0.138. The molecule has 0 spiro atoms. The monoisotopic (exact) mass is 494 g/mol. The van der Waals surface area contributed by atoms with Crippen molar-refractivity contribution in [3.63, 3.8) is 0 Å². The van der Waals surface area contributed by atoms with Crippen molar-refractivity contribution < 1.29 is 18.7 Å². The van der Waals surface area contributed by atoms with Crippen LogP contribution in [0.15, 0.2) is 95.9 Å². The number of ether oxygens (including phenoxy) is 1. The van der Waals surface area contributed by atoms with Crippen molar-refractivity contribution in [1.82, 2.24) is 9.55 Å². The largest absolute Gasteiger partial charge is 0.472 e. The Morgan fingerprint density at radius 2 is 1.73 bits per heavy atom. The molecule has 5 aromatic rings. The van der Waals surface area contributed by atoms with Crippen LogP contribution in [-0.2, 0) is 17.7 Å². The minimum Gasteiger partial charge on any atom is -0.472 e. The summed E-state index contributed by atoms with van der Waals surface area (Å²) in [5, 5.41) is 6.92. The maximum atomic E-state index is 13.0. The summed E-state index contributed by atoms with van der Waals surface area (Å²) >= 11 is 0. The Labute approximate surface area is 213 Å². The third-order valence-electron chi connectivity index (χ3n) is 6.07. The Bertz CT molecular complexity index is 1510. The van der Waals surface area contributed by atoms with Crippen molar-refractivity contribution in [3.05, 3.63) is 114 Å². The number of benzene rings is 2. The van der Waals surface area contributed by atoms with Crippen molar-refractivity contribution in [1.29, 1.82) is 0 Å². The Morgan fingerprint density at radius 1 is 1.00 bits per heavy atom. The standard InChI is InChI=1S/C29H26N4O4/c1-36-29(35)26-25(32-28(34)22-13-15-37-19-22)24-16-23(30-14-12-20-8-4-2-5-9-20)17-31-27(24)33(26)18-21-10-6-3-7-11-21/h2-11,13,15-17,19,30H,12,14,18H2,1H3,(H,32,34). The summed E-state index contributed by atoms with van der Waals surface area (Å²) in [5.41, 5.74) is 4.42. The number of furan rings is 1. The lowest BCUT2D eigenvalue weighted by Gasteiger charge is -2.11. The zero-order valence-corrected chi connectivity index (χ0v) is 20.3. The molecule has 0 saturated carbocycles. The van der Waals surface area contributed by atoms with E-state index in [-0.39, 0.29) is 5.69 Å². The Hall–Kier alpha value is -4.85. The van der Waals surface area contributed by atoms with Crippen LogP contribution in [0.1, 0.15) is 32.0 Å². The average Bonchev–Trinajstić information content (AvgIpc) is 3.57. The summed E-state index contributed by atoms with van der Waals surface area (Å²) in [4.78, 5) is 30.7. The van der Waals surface area contributed by atoms with Gasteiger partial charge >= 0.3 is 5.97 Å². The highest BCUT2D eigenvalue weighted by Gasteiger charge is 2.27. The second-order valence-corrected chi connectivity index (χ2v) is 8.51. The van der Waals surface area contributed by atoms with Gasteiger partial charge in [0.05, 0.1) is 36.5 Å². The van der Waals surface area contributed by atoms with Gasteiger partial charge in [0.25, 0.3) is 5.91 Å². The third kappa shape index (κ3) is 5.23. The van der Waals surface area contributed by atoms with E-state index in [1.807, 2.05) is 54.6 Å². The lowest BCUT2D eigenvalue weighted by atomic mass is 10.1. The first-order chi connectivity index (χ1) is 18.1. The molecule has 0 aliphatic carbocycles. The number of carbonyl (C=O) groups excluding carboxylic acids is 2. The van der Waals surface area contributed by atoms with E-state index in [4.69, 9.17) is 14.1 Å². The van der Waals surface area contributed by atoms with Gasteiger partial charge in [-0.25, -0.2) is 9.78 Å². The van der Waals surface area contributed by atoms with Crippen molar-refractivity contribution in [2.45, 2.75) is 13.0 Å². The molecule has 0 atom stereocenters. The van der Waals surface area contributed by atoms with Crippen LogP contribution >= 0.6 is 0 Å². The van der Waals surface area contributed by atoms with Gasteiger partial charge in [0.1, 0.15) is 11.9 Å². The number of hydrogen-bond donors (Lipinski definition) is 2. The van der Waals surface area contributed by atoms with E-state index >= 15 is 0 Å². The van der Waals surface area contributed by atoms with Crippen LogP contribution in [0.3, 0.4) is 0 Å². The molecule has 5 rings (SSSR count). The van der Waals surface area contributed by atoms with Crippen LogP contribution in [0.25, 0.3) is 11.0 Å². The number of amides is 1. The molecule has 0 radical (unpaired) electrons. The number of aromatic nitrogens is 2. The molecule has 8 nitrogen and oxygen atoms in total. The van der Waals surface area contributed by atoms with Crippen LogP contribution in [0.4, 0.5) is 11.4 Å². The highest BCUT2D eigenvalue weighted by molar-refractivity contribution is 6.14. The first kappa shape index (κ1) is 23.9. The van der Waals surface area contributed by atoms with Crippen LogP contribution in [0.2, 0.25) is 0 Å². The molecule has 37 heavy (non-hydrogen) atoms. The minimum absolute atomic E-state index is 0.215. The van der Waals surface area contributed by atoms with Crippen molar-refractivity contribution in [2.24, 2.45) is 0 Å². The molecule has 0 aliphatic heterocycles. The number of nitrogens with zero attached hydrogens (tertiary/aromatic N) is 2. The first-order valence-corrected chi connectivity index (χ1v) is 11.9. The van der Waals surface area contributed by atoms with Crippen LogP contribution in [0.5, 0.6) is 0 Å². The average molecular weight is 495 g/mol. The molecule has 3 heterocycles. The molecule has 2 N–H and O–H groups in total. The number of fused-ring (bicyclic) bond motifs is 1. The van der Waals surface area contributed by atoms with E-state index < -0.39 is 11.9 Å². The highest BCUT2D eigenvalue weighted by atomic mass is 16.5. The Morgan fingerprint density at radius 3 is 2.41 bits per heavy atom. The van der Waals surface area contributed by atoms with E-state index in [9.17, 15) is 9.59 Å². The number of pyridine rings is 1. The second-order valence-electron chi connectivity index (χ2n) is 8.51. The quantitative estimate of drug-likeness (QED) is 0.267. The number of nitrogens with one attached hydrogen (secondary N) is 2. The molecule has 0 saturated heterocycles. The van der Waals surface area contributed by atoms with Crippen molar-refractivity contribution in [3.8, 4) is 0 Å². The molecular weight excluding hydrogens is 468 g/mol. The molecule has 3 aromatic heterocycles. The van der Waals surface area contributed by atoms with Gasteiger partial charge < -0.3 is 24.4 Å². The number of hydrogen-bond acceptors (Lipinski definition) is 6. The summed E-state index contributed by atoms with van der Waals surface area (Å²) in [7, 11) is 1.32. The van der Waals surface area contributed by atoms with Crippen molar-refractivity contribution >= 4 is 34.3 Å². The molecular formula is C29H26N4O4. The fourth-order valence-corrected chi connectivity index (χ4v) is 4.25. The first-order valence-electron chi connectivity index (χ1n) is 11.9. The van der Waals surface area contributed by atoms with Gasteiger partial charge in [-0.3, -0.25) is 4.79 Å². The van der Waals surface area contributed by atoms with E-state index in [0.717, 1.165) is 17.7 Å². The molecule has 1 amide bonds. The number of methoxy groups -OCH3 is 1. The Balaban J connectivity index is 1.56. The second kappa shape index (κ2) is 10.8. The molecule has 186 valence electrons. The summed E-state index contributed by atoms with van der Waals surface area (Å²) < 4.78 is 12.0. The molecule has 0 fully saturated rings. The molecule has 0 unspecified atom stereocenters. The maximum absolute atomic E-state index is 13.0. The predicted molar refractivity (Wildman–Crippen MR) is 142 cm³/mol. The highest BCUT2D eigenvalue weighted by Crippen LogP contribution is 2.33. The maximum Gasteiger partial charge on any atom is 0.356 e. The summed E-state index contributed by atoms with van der Waals surface area (Å²) in [6, 6.07) is 23.4. The van der Waals surface area contributed by atoms with Crippen LogP contribution in [-0.4, -0.2) is 35.1 Å². The van der Waals surface area contributed by atoms with Gasteiger partial charge in [-0.1, -0.05) is 60.7 Å². The fourth-order valence-electron chi connectivity index (χ4n) is 4.25. The lowest BCUT2D eigenvalue weighted by Crippen LogP contribution is -2.17. The van der Waals surface area contributed by atoms with Crippen LogP contribution < -0.4 is 10.6 Å². The van der Waals surface area contributed by atoms with Crippen LogP contribution in [0, 0.1) is 0 Å². The zero-order chi connectivity index (χ0) is 25.6. The number of esters is 1. The van der Waals surface area contributed by atoms with E-state index in [1.165, 1.54) is 25.2 Å². The summed E-state index contributed by atoms with van der Waals surface area (Å²) in [5.74, 6) is -0.977. The predicted octanol–water partition coefficient (Wildman–Crippen LogP) is 5.37. The smallest absolute Gasteiger partial charge is 0.356 e. The lowest BCUT2D eigenvalue weighted by molar-refractivity contribution is 0.0591. The van der Waals surface area contributed by atoms with Gasteiger partial charge in [-0.15, -0.1) is 0 Å². The minimum atomic E-state index is -0.574. The van der Waals surface area contributed by atoms with Crippen molar-refractivity contribution in [2.75, 3.05) is 24.3 Å². The third-order valence-corrected chi connectivity index (χ3v) is 6.07. The summed E-state index contributed by atoms with van der Waals surface area (Å²) in [6.45, 7) is 1.07. The Kier molecular flexibility index (Phi) is 6.98. The van der Waals surface area contributed by atoms with Gasteiger partial charge in [0.15, 0.2) is 5.69 Å². The molecule has 0 aliphatic rings.